The Hall–Kier alpha value is -4.28. The molecule has 3 N–H and O–H groups in total. The van der Waals surface area contributed by atoms with Crippen molar-refractivity contribution in [2.75, 3.05) is 20.8 Å². The summed E-state index contributed by atoms with van der Waals surface area (Å²) in [5.41, 5.74) is 3.53. The number of allylic oxidation sites excluding steroid dienone is 1. The minimum Gasteiger partial charge on any atom is -0.493 e. The number of urea groups is 1. The third-order valence-corrected chi connectivity index (χ3v) is 4.48. The van der Waals surface area contributed by atoms with E-state index in [1.165, 1.54) is 26.7 Å². The van der Waals surface area contributed by atoms with Crippen molar-refractivity contribution in [1.82, 2.24) is 16.1 Å². The van der Waals surface area contributed by atoms with Gasteiger partial charge in [0.1, 0.15) is 5.76 Å². The number of hydrogen-bond acceptors (Lipinski definition) is 8. The minimum absolute atomic E-state index is 0.261. The molecule has 2 aromatic rings. The zero-order chi connectivity index (χ0) is 23.1. The second-order valence-corrected chi connectivity index (χ2v) is 6.57. The van der Waals surface area contributed by atoms with Crippen LogP contribution in [-0.2, 0) is 14.3 Å². The second kappa shape index (κ2) is 10.2. The zero-order valence-corrected chi connectivity index (χ0v) is 17.6. The fourth-order valence-electron chi connectivity index (χ4n) is 3.02. The van der Waals surface area contributed by atoms with Crippen molar-refractivity contribution >= 4 is 24.1 Å². The normalized spacial score (nSPS) is 15.7. The highest BCUT2D eigenvalue weighted by molar-refractivity contribution is 5.95. The predicted octanol–water partition coefficient (Wildman–Crippen LogP) is 1.62. The van der Waals surface area contributed by atoms with Crippen LogP contribution in [0, 0.1) is 0 Å². The topological polar surface area (TPSA) is 140 Å². The number of nitrogens with one attached hydrogen (secondary N) is 3. The molecular formula is C21H22N4O7. The molecule has 1 atom stereocenters. The number of ether oxygens (including phenoxy) is 3. The van der Waals surface area contributed by atoms with Gasteiger partial charge in [-0.15, -0.1) is 0 Å². The molecule has 0 spiro atoms. The first kappa shape index (κ1) is 22.4. The van der Waals surface area contributed by atoms with E-state index in [1.54, 1.807) is 37.3 Å². The molecule has 0 radical (unpaired) electrons. The van der Waals surface area contributed by atoms with Gasteiger partial charge in [0.25, 0.3) is 5.91 Å². The van der Waals surface area contributed by atoms with Crippen molar-refractivity contribution in [3.8, 4) is 11.5 Å². The molecule has 32 heavy (non-hydrogen) atoms. The van der Waals surface area contributed by atoms with Gasteiger partial charge in [0.2, 0.25) is 0 Å². The maximum Gasteiger partial charge on any atom is 0.337 e. The van der Waals surface area contributed by atoms with Crippen LogP contribution in [0.4, 0.5) is 4.79 Å². The van der Waals surface area contributed by atoms with Gasteiger partial charge in [-0.1, -0.05) is 6.07 Å². The molecule has 1 aromatic carbocycles. The summed E-state index contributed by atoms with van der Waals surface area (Å²) in [5, 5.41) is 9.01. The van der Waals surface area contributed by atoms with Gasteiger partial charge in [-0.05, 0) is 36.8 Å². The Balaban J connectivity index is 1.71. The van der Waals surface area contributed by atoms with Gasteiger partial charge in [-0.25, -0.2) is 15.0 Å². The van der Waals surface area contributed by atoms with E-state index in [1.807, 2.05) is 0 Å². The molecule has 1 aliphatic rings. The maximum atomic E-state index is 12.2. The number of hydrazone groups is 1. The molecule has 0 aliphatic carbocycles. The van der Waals surface area contributed by atoms with Gasteiger partial charge in [-0.3, -0.25) is 4.79 Å². The molecule has 1 aromatic heterocycles. The Morgan fingerprint density at radius 2 is 2.06 bits per heavy atom. The summed E-state index contributed by atoms with van der Waals surface area (Å²) in [6, 6.07) is 7.01. The third kappa shape index (κ3) is 5.25. The highest BCUT2D eigenvalue weighted by Gasteiger charge is 2.32. The number of carbonyl (C=O) groups excluding carboxylic acids is 3. The molecular weight excluding hydrogens is 420 g/mol. The van der Waals surface area contributed by atoms with Crippen LogP contribution >= 0.6 is 0 Å². The number of rotatable bonds is 8. The van der Waals surface area contributed by atoms with Crippen molar-refractivity contribution in [1.29, 1.82) is 0 Å². The lowest BCUT2D eigenvalue weighted by molar-refractivity contribution is -0.136. The Kier molecular flexibility index (Phi) is 7.11. The van der Waals surface area contributed by atoms with Crippen molar-refractivity contribution in [2.24, 2.45) is 5.10 Å². The van der Waals surface area contributed by atoms with E-state index < -0.39 is 23.9 Å². The van der Waals surface area contributed by atoms with Crippen LogP contribution in [0.3, 0.4) is 0 Å². The number of furan rings is 1. The Bertz CT molecular complexity index is 1060. The van der Waals surface area contributed by atoms with Gasteiger partial charge >= 0.3 is 12.0 Å². The lowest BCUT2D eigenvalue weighted by Crippen LogP contribution is -2.45. The van der Waals surface area contributed by atoms with Gasteiger partial charge in [-0.2, -0.15) is 5.10 Å². The maximum absolute atomic E-state index is 12.2. The van der Waals surface area contributed by atoms with Gasteiger partial charge in [0, 0.05) is 5.70 Å². The summed E-state index contributed by atoms with van der Waals surface area (Å²) in [6.45, 7) is 1.29. The van der Waals surface area contributed by atoms with E-state index in [4.69, 9.17) is 18.6 Å². The first-order chi connectivity index (χ1) is 15.4. The average Bonchev–Trinajstić information content (AvgIpc) is 3.30. The smallest absolute Gasteiger partial charge is 0.337 e. The quantitative estimate of drug-likeness (QED) is 0.320. The molecule has 3 rings (SSSR count). The van der Waals surface area contributed by atoms with E-state index >= 15 is 0 Å². The van der Waals surface area contributed by atoms with E-state index in [2.05, 4.69) is 21.2 Å². The number of carbonyl (C=O) groups is 3. The van der Waals surface area contributed by atoms with Gasteiger partial charge < -0.3 is 29.3 Å². The lowest BCUT2D eigenvalue weighted by atomic mass is 9.95. The first-order valence-electron chi connectivity index (χ1n) is 9.45. The number of methoxy groups -OCH3 is 2. The van der Waals surface area contributed by atoms with Crippen LogP contribution in [0.1, 0.15) is 24.3 Å². The molecule has 0 saturated heterocycles. The van der Waals surface area contributed by atoms with Gasteiger partial charge in [0.05, 0.1) is 38.3 Å². The van der Waals surface area contributed by atoms with Crippen LogP contribution in [0.25, 0.3) is 0 Å². The first-order valence-corrected chi connectivity index (χ1v) is 9.45. The molecule has 11 nitrogen and oxygen atoms in total. The van der Waals surface area contributed by atoms with Crippen LogP contribution < -0.4 is 25.5 Å². The Morgan fingerprint density at radius 3 is 2.75 bits per heavy atom. The van der Waals surface area contributed by atoms with E-state index in [0.717, 1.165) is 0 Å². The summed E-state index contributed by atoms with van der Waals surface area (Å²) >= 11 is 0. The summed E-state index contributed by atoms with van der Waals surface area (Å²) in [4.78, 5) is 36.1. The highest BCUT2D eigenvalue weighted by atomic mass is 16.5. The summed E-state index contributed by atoms with van der Waals surface area (Å²) in [7, 11) is 2.69. The summed E-state index contributed by atoms with van der Waals surface area (Å²) in [6.07, 6.45) is 2.84. The third-order valence-electron chi connectivity index (χ3n) is 4.48. The standard InChI is InChI=1S/C21H22N4O7/c1-12-18(20(27)30-3)19(24-21(28)23-12)13-6-7-15(16(9-13)29-2)32-11-17(26)25-22-10-14-5-4-8-31-14/h4-10,19H,11H2,1-3H3,(H,25,26)(H2,23,24,28)/b22-10-/t19-/m1/s1. The lowest BCUT2D eigenvalue weighted by Gasteiger charge is -2.28. The number of esters is 1. The summed E-state index contributed by atoms with van der Waals surface area (Å²) in [5.74, 6) is 0.0253. The van der Waals surface area contributed by atoms with E-state index in [9.17, 15) is 14.4 Å². The molecule has 0 saturated carbocycles. The van der Waals surface area contributed by atoms with Crippen molar-refractivity contribution in [2.45, 2.75) is 13.0 Å². The molecule has 0 fully saturated rings. The van der Waals surface area contributed by atoms with E-state index in [-0.39, 0.29) is 12.2 Å². The fourth-order valence-corrected chi connectivity index (χ4v) is 3.02. The monoisotopic (exact) mass is 442 g/mol. The molecule has 1 aliphatic heterocycles. The SMILES string of the molecule is COC(=O)C1=C(C)NC(=O)N[C@@H]1c1ccc(OCC(=O)N/N=C\c2ccco2)c(OC)c1. The molecule has 168 valence electrons. The molecule has 0 bridgehead atoms. The molecule has 2 heterocycles. The van der Waals surface area contributed by atoms with Crippen LogP contribution in [0.5, 0.6) is 11.5 Å². The Morgan fingerprint density at radius 1 is 1.25 bits per heavy atom. The number of nitrogens with zero attached hydrogens (tertiary/aromatic N) is 1. The van der Waals surface area contributed by atoms with Crippen LogP contribution in [-0.4, -0.2) is 44.9 Å². The van der Waals surface area contributed by atoms with Crippen molar-refractivity contribution in [3.05, 3.63) is 59.2 Å². The second-order valence-electron chi connectivity index (χ2n) is 6.57. The van der Waals surface area contributed by atoms with Crippen LogP contribution in [0.15, 0.2) is 57.4 Å². The highest BCUT2D eigenvalue weighted by Crippen LogP contribution is 2.34. The molecule has 0 unspecified atom stereocenters. The predicted molar refractivity (Wildman–Crippen MR) is 112 cm³/mol. The fraction of sp³-hybridized carbons (Fsp3) is 0.238. The zero-order valence-electron chi connectivity index (χ0n) is 17.6. The van der Waals surface area contributed by atoms with Crippen molar-refractivity contribution < 1.29 is 33.0 Å². The average molecular weight is 442 g/mol. The van der Waals surface area contributed by atoms with Crippen molar-refractivity contribution in [3.63, 3.8) is 0 Å². The number of benzene rings is 1. The largest absolute Gasteiger partial charge is 0.493 e. The number of hydrogen-bond donors (Lipinski definition) is 3. The number of amides is 3. The molecule has 11 heteroatoms. The van der Waals surface area contributed by atoms with Crippen LogP contribution in [0.2, 0.25) is 0 Å². The molecule has 3 amide bonds. The van der Waals surface area contributed by atoms with Gasteiger partial charge in [0.15, 0.2) is 18.1 Å². The minimum atomic E-state index is -0.751. The Labute approximate surface area is 183 Å². The van der Waals surface area contributed by atoms with E-state index in [0.29, 0.717) is 28.5 Å². The summed E-state index contributed by atoms with van der Waals surface area (Å²) < 4.78 is 20.8.